The molecule has 0 radical (unpaired) electrons. The van der Waals surface area contributed by atoms with Gasteiger partial charge in [0.1, 0.15) is 5.75 Å². The van der Waals surface area contributed by atoms with Gasteiger partial charge in [-0.25, -0.2) is 4.98 Å². The lowest BCUT2D eigenvalue weighted by molar-refractivity contribution is -0.120. The van der Waals surface area contributed by atoms with E-state index in [2.05, 4.69) is 5.32 Å². The van der Waals surface area contributed by atoms with E-state index in [1.54, 1.807) is 17.7 Å². The number of carbonyl (C=O) groups excluding carboxylic acids is 1. The fourth-order valence-electron chi connectivity index (χ4n) is 3.05. The highest BCUT2D eigenvalue weighted by Gasteiger charge is 2.27. The van der Waals surface area contributed by atoms with Crippen LogP contribution >= 0.6 is 11.8 Å². The van der Waals surface area contributed by atoms with Gasteiger partial charge >= 0.3 is 0 Å². The zero-order valence-electron chi connectivity index (χ0n) is 16.4. The van der Waals surface area contributed by atoms with Crippen LogP contribution in [0.4, 0.5) is 0 Å². The molecule has 0 saturated heterocycles. The number of hydrogen-bond donors (Lipinski definition) is 1. The van der Waals surface area contributed by atoms with Crippen molar-refractivity contribution in [3.63, 3.8) is 0 Å². The summed E-state index contributed by atoms with van der Waals surface area (Å²) in [6.07, 6.45) is 2.08. The normalized spacial score (nSPS) is 14.6. The number of fused-ring (bicyclic) bond motifs is 1. The summed E-state index contributed by atoms with van der Waals surface area (Å²) < 4.78 is 6.86. The number of aromatic nitrogens is 2. The van der Waals surface area contributed by atoms with Crippen molar-refractivity contribution in [2.24, 2.45) is 0 Å². The van der Waals surface area contributed by atoms with Crippen LogP contribution in [0.1, 0.15) is 25.3 Å². The smallest absolute Gasteiger partial charge is 0.262 e. The molecule has 2 aromatic carbocycles. The van der Waals surface area contributed by atoms with E-state index in [1.807, 2.05) is 49.4 Å². The average Bonchev–Trinajstić information content (AvgIpc) is 3.55. The molecule has 1 aromatic heterocycles. The first-order valence-corrected chi connectivity index (χ1v) is 10.5. The van der Waals surface area contributed by atoms with Crippen molar-refractivity contribution in [1.29, 1.82) is 0 Å². The van der Waals surface area contributed by atoms with Crippen molar-refractivity contribution in [3.8, 4) is 5.75 Å². The Morgan fingerprint density at radius 2 is 1.97 bits per heavy atom. The molecule has 1 aliphatic carbocycles. The number of carbonyl (C=O) groups is 1. The summed E-state index contributed by atoms with van der Waals surface area (Å²) in [4.78, 5) is 30.3. The van der Waals surface area contributed by atoms with E-state index in [1.165, 1.54) is 11.8 Å². The number of methoxy groups -OCH3 is 1. The van der Waals surface area contributed by atoms with Gasteiger partial charge in [-0.05, 0) is 49.6 Å². The molecule has 1 saturated carbocycles. The van der Waals surface area contributed by atoms with Gasteiger partial charge < -0.3 is 10.1 Å². The molecule has 3 aromatic rings. The predicted molar refractivity (Wildman–Crippen MR) is 115 cm³/mol. The van der Waals surface area contributed by atoms with Gasteiger partial charge in [-0.1, -0.05) is 36.0 Å². The molecular formula is C22H23N3O3S. The first-order valence-electron chi connectivity index (χ1n) is 9.64. The average molecular weight is 410 g/mol. The van der Waals surface area contributed by atoms with Crippen molar-refractivity contribution in [2.45, 2.75) is 42.8 Å². The molecular weight excluding hydrogens is 386 g/mol. The number of amides is 1. The van der Waals surface area contributed by atoms with E-state index in [9.17, 15) is 9.59 Å². The van der Waals surface area contributed by atoms with Crippen LogP contribution in [0.3, 0.4) is 0 Å². The Labute approximate surface area is 173 Å². The van der Waals surface area contributed by atoms with Crippen LogP contribution in [0.5, 0.6) is 5.75 Å². The number of hydrogen-bond acceptors (Lipinski definition) is 5. The third-order valence-corrected chi connectivity index (χ3v) is 5.99. The highest BCUT2D eigenvalue weighted by Crippen LogP contribution is 2.25. The third-order valence-electron chi connectivity index (χ3n) is 4.90. The number of nitrogens with one attached hydrogen (secondary N) is 1. The summed E-state index contributed by atoms with van der Waals surface area (Å²) in [7, 11) is 1.62. The van der Waals surface area contributed by atoms with Crippen LogP contribution in [0.2, 0.25) is 0 Å². The summed E-state index contributed by atoms with van der Waals surface area (Å²) in [5.74, 6) is 0.744. The third kappa shape index (κ3) is 4.45. The fraction of sp³-hybridized carbons (Fsp3) is 0.318. The molecule has 29 heavy (non-hydrogen) atoms. The largest absolute Gasteiger partial charge is 0.497 e. The van der Waals surface area contributed by atoms with Gasteiger partial charge in [-0.3, -0.25) is 14.2 Å². The quantitative estimate of drug-likeness (QED) is 0.479. The van der Waals surface area contributed by atoms with Crippen LogP contribution in [0.15, 0.2) is 58.5 Å². The minimum Gasteiger partial charge on any atom is -0.497 e. The maximum absolute atomic E-state index is 13.2. The van der Waals surface area contributed by atoms with Gasteiger partial charge in [0.15, 0.2) is 5.16 Å². The first-order chi connectivity index (χ1) is 14.0. The topological polar surface area (TPSA) is 73.2 Å². The maximum Gasteiger partial charge on any atom is 0.262 e. The molecule has 1 unspecified atom stereocenters. The zero-order valence-corrected chi connectivity index (χ0v) is 17.2. The van der Waals surface area contributed by atoms with Gasteiger partial charge in [0.25, 0.3) is 5.56 Å². The second kappa shape index (κ2) is 8.29. The Kier molecular flexibility index (Phi) is 5.58. The summed E-state index contributed by atoms with van der Waals surface area (Å²) >= 11 is 1.32. The molecule has 1 atom stereocenters. The SMILES string of the molecule is COc1ccc(Cn2c(SC(C)C(=O)NC3CC3)nc3ccccc3c2=O)cc1. The van der Waals surface area contributed by atoms with Crippen molar-refractivity contribution in [2.75, 3.05) is 7.11 Å². The Balaban J connectivity index is 1.69. The van der Waals surface area contributed by atoms with Gasteiger partial charge in [-0.15, -0.1) is 0 Å². The number of para-hydroxylation sites is 1. The number of rotatable bonds is 7. The molecule has 1 heterocycles. The molecule has 150 valence electrons. The molecule has 6 nitrogen and oxygen atoms in total. The monoisotopic (exact) mass is 409 g/mol. The van der Waals surface area contributed by atoms with Crippen LogP contribution < -0.4 is 15.6 Å². The van der Waals surface area contributed by atoms with Crippen LogP contribution in [-0.2, 0) is 11.3 Å². The number of thioether (sulfide) groups is 1. The fourth-order valence-corrected chi connectivity index (χ4v) is 3.97. The van der Waals surface area contributed by atoms with E-state index >= 15 is 0 Å². The summed E-state index contributed by atoms with van der Waals surface area (Å²) in [5, 5.41) is 3.79. The lowest BCUT2D eigenvalue weighted by Crippen LogP contribution is -2.33. The van der Waals surface area contributed by atoms with Crippen molar-refractivity contribution >= 4 is 28.6 Å². The van der Waals surface area contributed by atoms with Crippen LogP contribution in [0, 0.1) is 0 Å². The molecule has 0 aliphatic heterocycles. The Morgan fingerprint density at radius 3 is 2.66 bits per heavy atom. The Hall–Kier alpha value is -2.80. The second-order valence-corrected chi connectivity index (χ2v) is 8.50. The number of nitrogens with zero attached hydrogens (tertiary/aromatic N) is 2. The minimum atomic E-state index is -0.342. The van der Waals surface area contributed by atoms with Crippen molar-refractivity contribution in [3.05, 3.63) is 64.4 Å². The molecule has 1 amide bonds. The van der Waals surface area contributed by atoms with Gasteiger partial charge in [0.05, 0.1) is 29.8 Å². The van der Waals surface area contributed by atoms with Crippen LogP contribution in [-0.4, -0.2) is 33.9 Å². The molecule has 1 fully saturated rings. The van der Waals surface area contributed by atoms with Crippen molar-refractivity contribution < 1.29 is 9.53 Å². The standard InChI is InChI=1S/C22H23N3O3S/c1-14(20(26)23-16-9-10-16)29-22-24-19-6-4-3-5-18(19)21(27)25(22)13-15-7-11-17(28-2)12-8-15/h3-8,11-12,14,16H,9-10,13H2,1-2H3,(H,23,26). The molecule has 1 aliphatic rings. The lowest BCUT2D eigenvalue weighted by Gasteiger charge is -2.16. The maximum atomic E-state index is 13.2. The van der Waals surface area contributed by atoms with Crippen molar-refractivity contribution in [1.82, 2.24) is 14.9 Å². The molecule has 4 rings (SSSR count). The predicted octanol–water partition coefficient (Wildman–Crippen LogP) is 3.21. The second-order valence-electron chi connectivity index (χ2n) is 7.19. The van der Waals surface area contributed by atoms with Gasteiger partial charge in [-0.2, -0.15) is 0 Å². The molecule has 7 heteroatoms. The molecule has 0 bridgehead atoms. The number of ether oxygens (including phenoxy) is 1. The minimum absolute atomic E-state index is 0.0177. The lowest BCUT2D eigenvalue weighted by atomic mass is 10.2. The van der Waals surface area contributed by atoms with Gasteiger partial charge in [0.2, 0.25) is 5.91 Å². The zero-order chi connectivity index (χ0) is 20.4. The van der Waals surface area contributed by atoms with E-state index in [4.69, 9.17) is 9.72 Å². The van der Waals surface area contributed by atoms with Crippen LogP contribution in [0.25, 0.3) is 10.9 Å². The van der Waals surface area contributed by atoms with E-state index in [0.29, 0.717) is 28.6 Å². The Bertz CT molecular complexity index is 1090. The van der Waals surface area contributed by atoms with E-state index in [0.717, 1.165) is 24.2 Å². The molecule has 0 spiro atoms. The molecule has 1 N–H and O–H groups in total. The van der Waals surface area contributed by atoms with E-state index in [-0.39, 0.29) is 16.7 Å². The highest BCUT2D eigenvalue weighted by molar-refractivity contribution is 8.00. The van der Waals surface area contributed by atoms with Gasteiger partial charge in [0, 0.05) is 6.04 Å². The summed E-state index contributed by atoms with van der Waals surface area (Å²) in [6.45, 7) is 2.22. The number of benzene rings is 2. The Morgan fingerprint density at radius 1 is 1.24 bits per heavy atom. The highest BCUT2D eigenvalue weighted by atomic mass is 32.2. The van der Waals surface area contributed by atoms with E-state index < -0.39 is 0 Å². The first kappa shape index (κ1) is 19.5. The summed E-state index contributed by atoms with van der Waals surface area (Å²) in [6, 6.07) is 15.2. The summed E-state index contributed by atoms with van der Waals surface area (Å²) in [5.41, 5.74) is 1.49.